The maximum Gasteiger partial charge on any atom is 0.322 e. The third-order valence-electron chi connectivity index (χ3n) is 5.50. The van der Waals surface area contributed by atoms with Crippen LogP contribution in [-0.2, 0) is 6.54 Å². The Morgan fingerprint density at radius 2 is 2.00 bits per heavy atom. The largest absolute Gasteiger partial charge is 0.481 e. The van der Waals surface area contributed by atoms with Crippen LogP contribution in [-0.4, -0.2) is 53.6 Å². The first-order valence-electron chi connectivity index (χ1n) is 9.55. The van der Waals surface area contributed by atoms with Gasteiger partial charge in [-0.1, -0.05) is 30.3 Å². The molecule has 4 heterocycles. The second kappa shape index (κ2) is 7.96. The van der Waals surface area contributed by atoms with Gasteiger partial charge in [0.25, 0.3) is 0 Å². The van der Waals surface area contributed by atoms with Crippen LogP contribution in [0.5, 0.6) is 5.88 Å². The van der Waals surface area contributed by atoms with Gasteiger partial charge in [-0.15, -0.1) is 0 Å². The number of ether oxygens (including phenoxy) is 1. The van der Waals surface area contributed by atoms with E-state index in [-0.39, 0.29) is 12.1 Å². The zero-order chi connectivity index (χ0) is 18.6. The highest BCUT2D eigenvalue weighted by atomic mass is 16.5. The Hall–Kier alpha value is -2.60. The van der Waals surface area contributed by atoms with Crippen molar-refractivity contribution in [3.8, 4) is 5.88 Å². The molecular formula is C21H26N4O2. The number of amides is 2. The highest BCUT2D eigenvalue weighted by Crippen LogP contribution is 2.29. The van der Waals surface area contributed by atoms with Crippen molar-refractivity contribution in [2.24, 2.45) is 5.92 Å². The van der Waals surface area contributed by atoms with Crippen molar-refractivity contribution in [3.05, 3.63) is 54.2 Å². The highest BCUT2D eigenvalue weighted by Gasteiger charge is 2.37. The summed E-state index contributed by atoms with van der Waals surface area (Å²) in [5, 5.41) is 2.99. The number of aromatic nitrogens is 1. The number of hydrogen-bond acceptors (Lipinski definition) is 4. The zero-order valence-corrected chi connectivity index (χ0v) is 15.7. The van der Waals surface area contributed by atoms with E-state index in [1.807, 2.05) is 11.0 Å². The molecule has 2 atom stereocenters. The monoisotopic (exact) mass is 366 g/mol. The van der Waals surface area contributed by atoms with Crippen LogP contribution in [0.3, 0.4) is 0 Å². The van der Waals surface area contributed by atoms with E-state index in [0.717, 1.165) is 32.6 Å². The zero-order valence-electron chi connectivity index (χ0n) is 15.7. The van der Waals surface area contributed by atoms with Crippen molar-refractivity contribution >= 4 is 11.7 Å². The maximum absolute atomic E-state index is 12.9. The molecule has 1 aromatic heterocycles. The van der Waals surface area contributed by atoms with E-state index in [1.165, 1.54) is 12.0 Å². The van der Waals surface area contributed by atoms with E-state index < -0.39 is 0 Å². The average molecular weight is 366 g/mol. The van der Waals surface area contributed by atoms with Crippen molar-refractivity contribution in [1.29, 1.82) is 0 Å². The summed E-state index contributed by atoms with van der Waals surface area (Å²) in [5.74, 6) is 1.07. The molecule has 5 rings (SSSR count). The minimum absolute atomic E-state index is 0.0294. The van der Waals surface area contributed by atoms with E-state index in [1.54, 1.807) is 19.4 Å². The molecule has 0 aliphatic carbocycles. The molecule has 0 radical (unpaired) electrons. The van der Waals surface area contributed by atoms with Crippen LogP contribution in [0.2, 0.25) is 0 Å². The number of fused-ring (bicyclic) bond motifs is 4. The first kappa shape index (κ1) is 17.8. The third kappa shape index (κ3) is 4.22. The SMILES string of the molecule is COc1ccc(NC(=O)N2C[C@@H]3CC[C@H]2CN(Cc2ccccc2)C3)cn1. The standard InChI is InChI=1S/C21H26N4O2/c1-27-20-10-8-18(11-22-20)23-21(26)25-14-17-7-9-19(25)15-24(13-17)12-16-5-3-2-4-6-16/h2-6,8,10-11,17,19H,7,9,12-15H2,1H3,(H,23,26)/t17-,19+/m1/s1. The van der Waals surface area contributed by atoms with Crippen molar-refractivity contribution in [3.63, 3.8) is 0 Å². The minimum atomic E-state index is -0.0294. The molecular weight excluding hydrogens is 340 g/mol. The summed E-state index contributed by atoms with van der Waals surface area (Å²) in [4.78, 5) is 21.5. The quantitative estimate of drug-likeness (QED) is 0.903. The molecule has 1 N–H and O–H groups in total. The molecule has 2 amide bonds. The lowest BCUT2D eigenvalue weighted by Crippen LogP contribution is -2.49. The summed E-state index contributed by atoms with van der Waals surface area (Å²) in [6.07, 6.45) is 3.91. The number of benzene rings is 1. The van der Waals surface area contributed by atoms with E-state index >= 15 is 0 Å². The molecule has 0 unspecified atom stereocenters. The molecule has 3 fully saturated rings. The van der Waals surface area contributed by atoms with Crippen LogP contribution < -0.4 is 10.1 Å². The second-order valence-electron chi connectivity index (χ2n) is 7.45. The molecule has 2 aromatic rings. The van der Waals surface area contributed by atoms with Gasteiger partial charge in [0.2, 0.25) is 5.88 Å². The summed E-state index contributed by atoms with van der Waals surface area (Å²) < 4.78 is 5.07. The summed E-state index contributed by atoms with van der Waals surface area (Å²) in [5.41, 5.74) is 2.03. The third-order valence-corrected chi connectivity index (χ3v) is 5.50. The van der Waals surface area contributed by atoms with Crippen LogP contribution in [0.1, 0.15) is 18.4 Å². The summed E-state index contributed by atoms with van der Waals surface area (Å²) in [6, 6.07) is 14.4. The Morgan fingerprint density at radius 1 is 1.15 bits per heavy atom. The number of nitrogens with zero attached hydrogens (tertiary/aromatic N) is 3. The van der Waals surface area contributed by atoms with Gasteiger partial charge in [0, 0.05) is 38.3 Å². The number of hydrogen-bond donors (Lipinski definition) is 1. The van der Waals surface area contributed by atoms with Crippen molar-refractivity contribution in [2.75, 3.05) is 32.1 Å². The summed E-state index contributed by atoms with van der Waals surface area (Å²) in [6.45, 7) is 3.76. The van der Waals surface area contributed by atoms with Gasteiger partial charge in [-0.3, -0.25) is 4.90 Å². The number of pyridine rings is 1. The smallest absolute Gasteiger partial charge is 0.322 e. The van der Waals surface area contributed by atoms with Gasteiger partial charge in [-0.2, -0.15) is 0 Å². The molecule has 27 heavy (non-hydrogen) atoms. The molecule has 0 saturated carbocycles. The molecule has 1 aromatic carbocycles. The van der Waals surface area contributed by atoms with E-state index in [9.17, 15) is 4.79 Å². The molecule has 6 nitrogen and oxygen atoms in total. The lowest BCUT2D eigenvalue weighted by atomic mass is 9.95. The number of nitrogens with one attached hydrogen (secondary N) is 1. The van der Waals surface area contributed by atoms with Crippen LogP contribution in [0.25, 0.3) is 0 Å². The van der Waals surface area contributed by atoms with Gasteiger partial charge in [-0.05, 0) is 30.4 Å². The summed E-state index contributed by atoms with van der Waals surface area (Å²) >= 11 is 0. The van der Waals surface area contributed by atoms with Crippen LogP contribution >= 0.6 is 0 Å². The first-order chi connectivity index (χ1) is 13.2. The predicted octanol–water partition coefficient (Wildman–Crippen LogP) is 3.22. The minimum Gasteiger partial charge on any atom is -0.481 e. The number of carbonyl (C=O) groups is 1. The predicted molar refractivity (Wildman–Crippen MR) is 105 cm³/mol. The van der Waals surface area contributed by atoms with Gasteiger partial charge in [0.15, 0.2) is 0 Å². The first-order valence-corrected chi connectivity index (χ1v) is 9.55. The van der Waals surface area contributed by atoms with Crippen molar-refractivity contribution in [2.45, 2.75) is 25.4 Å². The van der Waals surface area contributed by atoms with E-state index in [0.29, 0.717) is 17.5 Å². The van der Waals surface area contributed by atoms with Crippen molar-refractivity contribution < 1.29 is 9.53 Å². The fraction of sp³-hybridized carbons (Fsp3) is 0.429. The molecule has 3 aliphatic heterocycles. The average Bonchev–Trinajstić information content (AvgIpc) is 3.00. The fourth-order valence-electron chi connectivity index (χ4n) is 4.17. The summed E-state index contributed by atoms with van der Waals surface area (Å²) in [7, 11) is 1.58. The Morgan fingerprint density at radius 3 is 2.74 bits per heavy atom. The Labute approximate surface area is 160 Å². The number of rotatable bonds is 4. The van der Waals surface area contributed by atoms with E-state index in [4.69, 9.17) is 4.74 Å². The Bertz CT molecular complexity index is 766. The highest BCUT2D eigenvalue weighted by molar-refractivity contribution is 5.89. The van der Waals surface area contributed by atoms with Gasteiger partial charge < -0.3 is 15.0 Å². The molecule has 142 valence electrons. The second-order valence-corrected chi connectivity index (χ2v) is 7.45. The molecule has 0 spiro atoms. The van der Waals surface area contributed by atoms with Crippen LogP contribution in [0.4, 0.5) is 10.5 Å². The van der Waals surface area contributed by atoms with Gasteiger partial charge in [0.1, 0.15) is 0 Å². The molecule has 3 saturated heterocycles. The number of urea groups is 1. The number of anilines is 1. The van der Waals surface area contributed by atoms with Crippen LogP contribution in [0.15, 0.2) is 48.7 Å². The normalized spacial score (nSPS) is 22.3. The number of methoxy groups -OCH3 is 1. The van der Waals surface area contributed by atoms with Gasteiger partial charge >= 0.3 is 6.03 Å². The molecule has 6 heteroatoms. The van der Waals surface area contributed by atoms with Gasteiger partial charge in [0.05, 0.1) is 19.0 Å². The topological polar surface area (TPSA) is 57.7 Å². The number of piperidine rings is 1. The van der Waals surface area contributed by atoms with Gasteiger partial charge in [-0.25, -0.2) is 9.78 Å². The number of carbonyl (C=O) groups excluding carboxylic acids is 1. The lowest BCUT2D eigenvalue weighted by molar-refractivity contribution is 0.151. The van der Waals surface area contributed by atoms with Crippen LogP contribution in [0, 0.1) is 5.92 Å². The fourth-order valence-corrected chi connectivity index (χ4v) is 4.17. The van der Waals surface area contributed by atoms with E-state index in [2.05, 4.69) is 45.5 Å². The molecule has 3 aliphatic rings. The van der Waals surface area contributed by atoms with Crippen molar-refractivity contribution in [1.82, 2.24) is 14.8 Å². The Balaban J connectivity index is 1.41. The molecule has 2 bridgehead atoms. The Kier molecular flexibility index (Phi) is 5.25. The maximum atomic E-state index is 12.9. The lowest BCUT2D eigenvalue weighted by Gasteiger charge is -2.36.